The Bertz CT molecular complexity index is 647. The maximum absolute atomic E-state index is 11.9. The lowest BCUT2D eigenvalue weighted by Crippen LogP contribution is -1.97. The first-order chi connectivity index (χ1) is 9.08. The molecule has 0 aliphatic carbocycles. The van der Waals surface area contributed by atoms with E-state index in [-0.39, 0.29) is 17.0 Å². The molecule has 0 atom stereocenters. The van der Waals surface area contributed by atoms with E-state index in [1.54, 1.807) is 12.1 Å². The molecule has 6 heteroatoms. The lowest BCUT2D eigenvalue weighted by molar-refractivity contribution is -0.385. The zero-order valence-corrected chi connectivity index (χ0v) is 11.2. The van der Waals surface area contributed by atoms with Crippen molar-refractivity contribution in [2.75, 3.05) is 0 Å². The molecule has 0 radical (unpaired) electrons. The van der Waals surface area contributed by atoms with Crippen LogP contribution in [0, 0.1) is 10.1 Å². The highest BCUT2D eigenvalue weighted by atomic mass is 79.9. The van der Waals surface area contributed by atoms with Crippen LogP contribution in [0.3, 0.4) is 0 Å². The van der Waals surface area contributed by atoms with Crippen LogP contribution in [-0.2, 0) is 0 Å². The van der Waals surface area contributed by atoms with Crippen molar-refractivity contribution in [2.24, 2.45) is 0 Å². The molecule has 1 heterocycles. The molecule has 0 N–H and O–H groups in total. The van der Waals surface area contributed by atoms with Gasteiger partial charge in [0.05, 0.1) is 15.7 Å². The normalized spacial score (nSPS) is 10.8. The maximum Gasteiger partial charge on any atom is 0.284 e. The number of nitrogens with zero attached hydrogens (tertiary/aromatic N) is 1. The minimum atomic E-state index is -0.545. The van der Waals surface area contributed by atoms with Gasteiger partial charge in [-0.25, -0.2) is 0 Å². The predicted molar refractivity (Wildman–Crippen MR) is 72.9 cm³/mol. The molecule has 1 aromatic heterocycles. The highest BCUT2D eigenvalue weighted by Gasteiger charge is 2.14. The van der Waals surface area contributed by atoms with Gasteiger partial charge in [-0.1, -0.05) is 0 Å². The summed E-state index contributed by atoms with van der Waals surface area (Å²) in [4.78, 5) is 22.1. The molecule has 96 valence electrons. The Balaban J connectivity index is 2.24. The van der Waals surface area contributed by atoms with Crippen LogP contribution in [0.4, 0.5) is 5.69 Å². The van der Waals surface area contributed by atoms with E-state index < -0.39 is 4.92 Å². The van der Waals surface area contributed by atoms with Crippen molar-refractivity contribution in [1.29, 1.82) is 0 Å². The second kappa shape index (κ2) is 5.62. The number of carbonyl (C=O) groups is 1. The van der Waals surface area contributed by atoms with Gasteiger partial charge in [-0.05, 0) is 52.3 Å². The summed E-state index contributed by atoms with van der Waals surface area (Å²) in [6.45, 7) is 0. The first kappa shape index (κ1) is 13.2. The summed E-state index contributed by atoms with van der Waals surface area (Å²) >= 11 is 3.06. The Morgan fingerprint density at radius 3 is 2.79 bits per heavy atom. The number of benzene rings is 1. The molecule has 0 amide bonds. The van der Waals surface area contributed by atoms with Crippen LogP contribution in [-0.4, -0.2) is 10.7 Å². The molecular formula is C13H8BrNO4. The third-order valence-electron chi connectivity index (χ3n) is 2.37. The molecule has 0 aliphatic rings. The van der Waals surface area contributed by atoms with Crippen molar-refractivity contribution in [1.82, 2.24) is 0 Å². The van der Waals surface area contributed by atoms with Crippen LogP contribution in [0.15, 0.2) is 51.6 Å². The minimum Gasteiger partial charge on any atom is -0.465 e. The molecule has 5 nitrogen and oxygen atoms in total. The average molecular weight is 322 g/mol. The first-order valence-corrected chi connectivity index (χ1v) is 6.07. The van der Waals surface area contributed by atoms with Crippen molar-refractivity contribution in [2.45, 2.75) is 0 Å². The van der Waals surface area contributed by atoms with E-state index in [9.17, 15) is 14.9 Å². The molecule has 0 unspecified atom stereocenters. The van der Waals surface area contributed by atoms with E-state index >= 15 is 0 Å². The summed E-state index contributed by atoms with van der Waals surface area (Å²) < 4.78 is 5.38. The minimum absolute atomic E-state index is 0.141. The molecule has 2 aromatic rings. The number of rotatable bonds is 4. The Hall–Kier alpha value is -2.21. The zero-order valence-electron chi connectivity index (χ0n) is 9.58. The summed E-state index contributed by atoms with van der Waals surface area (Å²) in [5, 5.41) is 10.8. The van der Waals surface area contributed by atoms with Crippen LogP contribution < -0.4 is 0 Å². The number of ketones is 1. The number of halogens is 1. The standard InChI is InChI=1S/C13H8BrNO4/c14-11-5-3-9(8-12(11)15(17)18)13(16)6-4-10-2-1-7-19-10/h1-8H/b6-4+. The summed E-state index contributed by atoms with van der Waals surface area (Å²) in [6, 6.07) is 7.64. The fourth-order valence-corrected chi connectivity index (χ4v) is 1.84. The Morgan fingerprint density at radius 2 is 2.16 bits per heavy atom. The molecule has 0 fully saturated rings. The quantitative estimate of drug-likeness (QED) is 0.371. The summed E-state index contributed by atoms with van der Waals surface area (Å²) in [6.07, 6.45) is 4.32. The fourth-order valence-electron chi connectivity index (χ4n) is 1.45. The van der Waals surface area contributed by atoms with Gasteiger partial charge in [-0.3, -0.25) is 14.9 Å². The van der Waals surface area contributed by atoms with Crippen molar-refractivity contribution >= 4 is 33.5 Å². The van der Waals surface area contributed by atoms with Crippen LogP contribution in [0.1, 0.15) is 16.1 Å². The molecular weight excluding hydrogens is 314 g/mol. The largest absolute Gasteiger partial charge is 0.465 e. The number of hydrogen-bond donors (Lipinski definition) is 0. The Kier molecular flexibility index (Phi) is 3.91. The van der Waals surface area contributed by atoms with Crippen LogP contribution in [0.5, 0.6) is 0 Å². The second-order valence-corrected chi connectivity index (χ2v) is 4.49. The molecule has 0 aliphatic heterocycles. The molecule has 0 saturated heterocycles. The van der Waals surface area contributed by atoms with E-state index in [0.29, 0.717) is 10.2 Å². The van der Waals surface area contributed by atoms with Crippen molar-refractivity contribution in [3.8, 4) is 0 Å². The summed E-state index contributed by atoms with van der Waals surface area (Å²) in [5.41, 5.74) is 0.106. The smallest absolute Gasteiger partial charge is 0.284 e. The van der Waals surface area contributed by atoms with Gasteiger partial charge in [0.2, 0.25) is 0 Å². The summed E-state index contributed by atoms with van der Waals surface area (Å²) in [7, 11) is 0. The first-order valence-electron chi connectivity index (χ1n) is 5.28. The number of hydrogen-bond acceptors (Lipinski definition) is 4. The van der Waals surface area contributed by atoms with E-state index in [2.05, 4.69) is 15.9 Å². The number of allylic oxidation sites excluding steroid dienone is 1. The second-order valence-electron chi connectivity index (χ2n) is 3.64. The van der Waals surface area contributed by atoms with Crippen LogP contribution >= 0.6 is 15.9 Å². The lowest BCUT2D eigenvalue weighted by Gasteiger charge is -1.98. The molecule has 0 spiro atoms. The van der Waals surface area contributed by atoms with Gasteiger partial charge in [0.15, 0.2) is 5.78 Å². The Morgan fingerprint density at radius 1 is 1.37 bits per heavy atom. The molecule has 19 heavy (non-hydrogen) atoms. The van der Waals surface area contributed by atoms with Gasteiger partial charge in [0.25, 0.3) is 5.69 Å². The number of carbonyl (C=O) groups excluding carboxylic acids is 1. The molecule has 2 rings (SSSR count). The molecule has 0 bridgehead atoms. The van der Waals surface area contributed by atoms with E-state index in [4.69, 9.17) is 4.42 Å². The van der Waals surface area contributed by atoms with Crippen LogP contribution in [0.2, 0.25) is 0 Å². The van der Waals surface area contributed by atoms with Gasteiger partial charge >= 0.3 is 0 Å². The summed E-state index contributed by atoms with van der Waals surface area (Å²) in [5.74, 6) is 0.215. The highest BCUT2D eigenvalue weighted by Crippen LogP contribution is 2.25. The van der Waals surface area contributed by atoms with E-state index in [1.807, 2.05) is 0 Å². The number of nitro groups is 1. The van der Waals surface area contributed by atoms with Gasteiger partial charge in [0, 0.05) is 11.6 Å². The SMILES string of the molecule is O=C(/C=C/c1ccco1)c1ccc(Br)c([N+](=O)[O-])c1. The van der Waals surface area contributed by atoms with Crippen molar-refractivity contribution < 1.29 is 14.1 Å². The fraction of sp³-hybridized carbons (Fsp3) is 0. The average Bonchev–Trinajstić information content (AvgIpc) is 2.89. The van der Waals surface area contributed by atoms with Gasteiger partial charge in [-0.15, -0.1) is 0 Å². The zero-order chi connectivity index (χ0) is 13.8. The molecule has 0 saturated carbocycles. The van der Waals surface area contributed by atoms with Crippen molar-refractivity contribution in [3.63, 3.8) is 0 Å². The monoisotopic (exact) mass is 321 g/mol. The molecule has 1 aromatic carbocycles. The Labute approximate surface area is 116 Å². The van der Waals surface area contributed by atoms with Gasteiger partial charge < -0.3 is 4.42 Å². The maximum atomic E-state index is 11.9. The van der Waals surface area contributed by atoms with Crippen LogP contribution in [0.25, 0.3) is 6.08 Å². The van der Waals surface area contributed by atoms with Gasteiger partial charge in [-0.2, -0.15) is 0 Å². The van der Waals surface area contributed by atoms with E-state index in [1.165, 1.54) is 36.6 Å². The third-order valence-corrected chi connectivity index (χ3v) is 3.04. The van der Waals surface area contributed by atoms with E-state index in [0.717, 1.165) is 0 Å². The number of furan rings is 1. The third kappa shape index (κ3) is 3.17. The van der Waals surface area contributed by atoms with Crippen molar-refractivity contribution in [3.05, 3.63) is 68.6 Å². The lowest BCUT2D eigenvalue weighted by atomic mass is 10.1. The van der Waals surface area contributed by atoms with Gasteiger partial charge in [0.1, 0.15) is 5.76 Å². The number of nitro benzene ring substituents is 1. The topological polar surface area (TPSA) is 73.3 Å². The highest BCUT2D eigenvalue weighted by molar-refractivity contribution is 9.10. The predicted octanol–water partition coefficient (Wildman–Crippen LogP) is 3.85.